The molecule has 0 spiro atoms. The summed E-state index contributed by atoms with van der Waals surface area (Å²) < 4.78 is 25.3. The van der Waals surface area contributed by atoms with Crippen molar-refractivity contribution >= 4 is 43.8 Å². The van der Waals surface area contributed by atoms with Crippen LogP contribution in [0.3, 0.4) is 0 Å². The van der Waals surface area contributed by atoms with Gasteiger partial charge < -0.3 is 4.74 Å². The molecule has 0 bridgehead atoms. The van der Waals surface area contributed by atoms with Crippen molar-refractivity contribution < 1.29 is 8.95 Å². The first-order chi connectivity index (χ1) is 14.2. The van der Waals surface area contributed by atoms with Crippen molar-refractivity contribution in [3.63, 3.8) is 0 Å². The first kappa shape index (κ1) is 20.5. The van der Waals surface area contributed by atoms with Crippen LogP contribution in [-0.2, 0) is 9.73 Å². The van der Waals surface area contributed by atoms with E-state index in [9.17, 15) is 4.21 Å². The average Bonchev–Trinajstić information content (AvgIpc) is 3.10. The van der Waals surface area contributed by atoms with E-state index in [1.807, 2.05) is 6.07 Å². The van der Waals surface area contributed by atoms with Crippen LogP contribution in [0.4, 0.5) is 0 Å². The summed E-state index contributed by atoms with van der Waals surface area (Å²) in [4.78, 5) is 8.05. The van der Waals surface area contributed by atoms with Gasteiger partial charge in [-0.1, -0.05) is 23.2 Å². The van der Waals surface area contributed by atoms with Crippen molar-refractivity contribution in [2.45, 2.75) is 11.3 Å². The van der Waals surface area contributed by atoms with Crippen LogP contribution in [0.15, 0.2) is 53.9 Å². The van der Waals surface area contributed by atoms with Gasteiger partial charge in [-0.2, -0.15) is 5.10 Å². The Labute approximate surface area is 182 Å². The van der Waals surface area contributed by atoms with E-state index in [-0.39, 0.29) is 5.03 Å². The highest BCUT2D eigenvalue weighted by Gasteiger charge is 2.18. The van der Waals surface area contributed by atoms with Gasteiger partial charge in [0.15, 0.2) is 6.23 Å². The van der Waals surface area contributed by atoms with Gasteiger partial charge in [-0.3, -0.25) is 15.8 Å². The fourth-order valence-corrected chi connectivity index (χ4v) is 4.10. The molecule has 4 aromatic rings. The molecule has 0 saturated heterocycles. The third-order valence-electron chi connectivity index (χ3n) is 4.38. The summed E-state index contributed by atoms with van der Waals surface area (Å²) in [5.41, 5.74) is 8.73. The standard InChI is InChI=1S/C19H16Cl2N6O2S/c1-30(23,28)16-5-2-10(7-25-16)18-12-6-11(3-4-15(12)26-27-18)29-19(22)17-13(20)8-24-9-14(17)21/h2-9,19,23H,22H2,1H3,(H,26,27)/t19-,30?/m0/s1. The largest absolute Gasteiger partial charge is 0.471 e. The molecule has 1 unspecified atom stereocenters. The quantitative estimate of drug-likeness (QED) is 0.376. The number of rotatable bonds is 5. The number of aromatic amines is 1. The van der Waals surface area contributed by atoms with Gasteiger partial charge in [0, 0.05) is 41.4 Å². The summed E-state index contributed by atoms with van der Waals surface area (Å²) in [6.07, 6.45) is 4.87. The predicted molar refractivity (Wildman–Crippen MR) is 116 cm³/mol. The highest BCUT2D eigenvalue weighted by Crippen LogP contribution is 2.33. The van der Waals surface area contributed by atoms with Crippen molar-refractivity contribution in [1.82, 2.24) is 20.2 Å². The second-order valence-electron chi connectivity index (χ2n) is 6.56. The van der Waals surface area contributed by atoms with Crippen molar-refractivity contribution in [3.05, 3.63) is 64.5 Å². The molecule has 11 heteroatoms. The van der Waals surface area contributed by atoms with E-state index in [2.05, 4.69) is 20.2 Å². The Bertz CT molecular complexity index is 1320. The zero-order valence-corrected chi connectivity index (χ0v) is 17.9. The highest BCUT2D eigenvalue weighted by atomic mass is 35.5. The average molecular weight is 463 g/mol. The van der Waals surface area contributed by atoms with Crippen LogP contribution >= 0.6 is 23.2 Å². The number of aromatic nitrogens is 4. The molecular weight excluding hydrogens is 447 g/mol. The fourth-order valence-electron chi connectivity index (χ4n) is 2.94. The van der Waals surface area contributed by atoms with Crippen molar-refractivity contribution in [2.75, 3.05) is 6.26 Å². The highest BCUT2D eigenvalue weighted by molar-refractivity contribution is 7.91. The molecule has 0 saturated carbocycles. The lowest BCUT2D eigenvalue weighted by atomic mass is 10.1. The summed E-state index contributed by atoms with van der Waals surface area (Å²) in [6, 6.07) is 8.65. The van der Waals surface area contributed by atoms with Gasteiger partial charge in [-0.05, 0) is 30.3 Å². The van der Waals surface area contributed by atoms with E-state index in [0.717, 1.165) is 10.9 Å². The number of benzene rings is 1. The normalized spacial score (nSPS) is 14.4. The second-order valence-corrected chi connectivity index (χ2v) is 9.48. The lowest BCUT2D eigenvalue weighted by Gasteiger charge is -2.17. The molecule has 0 aliphatic rings. The van der Waals surface area contributed by atoms with E-state index in [1.54, 1.807) is 30.5 Å². The Hall–Kier alpha value is -2.72. The van der Waals surface area contributed by atoms with E-state index in [1.165, 1.54) is 18.6 Å². The van der Waals surface area contributed by atoms with Crippen LogP contribution < -0.4 is 10.5 Å². The molecule has 30 heavy (non-hydrogen) atoms. The van der Waals surface area contributed by atoms with Crippen LogP contribution in [0.5, 0.6) is 5.75 Å². The molecule has 0 radical (unpaired) electrons. The Kier molecular flexibility index (Phi) is 5.37. The van der Waals surface area contributed by atoms with Crippen LogP contribution in [0.2, 0.25) is 10.0 Å². The van der Waals surface area contributed by atoms with Crippen LogP contribution in [0.1, 0.15) is 11.8 Å². The van der Waals surface area contributed by atoms with Crippen molar-refractivity contribution in [1.29, 1.82) is 4.78 Å². The molecule has 0 aliphatic carbocycles. The van der Waals surface area contributed by atoms with Crippen LogP contribution in [-0.4, -0.2) is 30.6 Å². The van der Waals surface area contributed by atoms with Gasteiger partial charge in [-0.25, -0.2) is 14.0 Å². The summed E-state index contributed by atoms with van der Waals surface area (Å²) >= 11 is 12.3. The second kappa shape index (κ2) is 7.84. The topological polar surface area (TPSA) is 131 Å². The third kappa shape index (κ3) is 3.97. The van der Waals surface area contributed by atoms with E-state index < -0.39 is 16.0 Å². The lowest BCUT2D eigenvalue weighted by molar-refractivity contribution is 0.214. The molecule has 4 N–H and O–H groups in total. The van der Waals surface area contributed by atoms with Gasteiger partial charge in [0.2, 0.25) is 0 Å². The zero-order chi connectivity index (χ0) is 21.5. The van der Waals surface area contributed by atoms with Gasteiger partial charge >= 0.3 is 0 Å². The number of ether oxygens (including phenoxy) is 1. The molecule has 0 amide bonds. The first-order valence-corrected chi connectivity index (χ1v) is 11.4. The molecule has 3 heterocycles. The fraction of sp³-hybridized carbons (Fsp3) is 0.105. The van der Waals surface area contributed by atoms with E-state index in [0.29, 0.717) is 32.6 Å². The first-order valence-electron chi connectivity index (χ1n) is 8.63. The Morgan fingerprint density at radius 1 is 1.17 bits per heavy atom. The van der Waals surface area contributed by atoms with E-state index in [4.69, 9.17) is 38.5 Å². The number of pyridine rings is 2. The predicted octanol–water partition coefficient (Wildman–Crippen LogP) is 4.40. The van der Waals surface area contributed by atoms with Crippen molar-refractivity contribution in [2.24, 2.45) is 5.73 Å². The van der Waals surface area contributed by atoms with Gasteiger partial charge in [0.25, 0.3) is 0 Å². The van der Waals surface area contributed by atoms with Crippen molar-refractivity contribution in [3.8, 4) is 17.0 Å². The minimum Gasteiger partial charge on any atom is -0.471 e. The van der Waals surface area contributed by atoms with Gasteiger partial charge in [-0.15, -0.1) is 0 Å². The summed E-state index contributed by atoms with van der Waals surface area (Å²) in [6.45, 7) is 0. The third-order valence-corrected chi connectivity index (χ3v) is 6.02. The maximum Gasteiger partial charge on any atom is 0.177 e. The molecule has 8 nitrogen and oxygen atoms in total. The maximum absolute atomic E-state index is 11.8. The summed E-state index contributed by atoms with van der Waals surface area (Å²) in [5.74, 6) is 0.494. The number of nitrogens with one attached hydrogen (secondary N) is 2. The zero-order valence-electron chi connectivity index (χ0n) is 15.6. The number of halogens is 2. The number of H-pyrrole nitrogens is 1. The van der Waals surface area contributed by atoms with E-state index >= 15 is 0 Å². The Morgan fingerprint density at radius 2 is 1.90 bits per heavy atom. The molecule has 1 aromatic carbocycles. The minimum atomic E-state index is -2.88. The van der Waals surface area contributed by atoms with Gasteiger partial charge in [0.05, 0.1) is 25.3 Å². The SMILES string of the molecule is CS(=N)(=O)c1ccc(-c2n[nH]c3ccc(O[C@H](N)c4c(Cl)cncc4Cl)cc23)cn1. The van der Waals surface area contributed by atoms with Crippen LogP contribution in [0, 0.1) is 4.78 Å². The Morgan fingerprint density at radius 3 is 2.53 bits per heavy atom. The smallest absolute Gasteiger partial charge is 0.177 e. The number of hydrogen-bond acceptors (Lipinski definition) is 7. The maximum atomic E-state index is 11.8. The number of hydrogen-bond donors (Lipinski definition) is 3. The molecule has 0 fully saturated rings. The molecule has 4 rings (SSSR count). The number of nitrogens with zero attached hydrogens (tertiary/aromatic N) is 3. The van der Waals surface area contributed by atoms with Gasteiger partial charge in [0.1, 0.15) is 16.5 Å². The molecule has 154 valence electrons. The summed E-state index contributed by atoms with van der Waals surface area (Å²) in [7, 11) is -2.88. The molecule has 2 atom stereocenters. The number of nitrogens with two attached hydrogens (primary N) is 1. The number of fused-ring (bicyclic) bond motifs is 1. The molecule has 3 aromatic heterocycles. The lowest BCUT2D eigenvalue weighted by Crippen LogP contribution is -2.18. The van der Waals surface area contributed by atoms with Crippen LogP contribution in [0.25, 0.3) is 22.2 Å². The summed E-state index contributed by atoms with van der Waals surface area (Å²) in [5, 5.41) is 8.92. The molecule has 0 aliphatic heterocycles. The molecular formula is C19H16Cl2N6O2S. The minimum absolute atomic E-state index is 0.215. The Balaban J connectivity index is 1.68. The monoisotopic (exact) mass is 462 g/mol.